The first-order chi connectivity index (χ1) is 24.3. The average molecular weight is 704 g/mol. The highest BCUT2D eigenvalue weighted by atomic mass is 16.5. The molecule has 12 nitrogen and oxygen atoms in total. The summed E-state index contributed by atoms with van der Waals surface area (Å²) in [6, 6.07) is 14.7. The molecule has 51 heavy (non-hydrogen) atoms. The molecular formula is C39H53N5O7. The predicted molar refractivity (Wildman–Crippen MR) is 192 cm³/mol. The Hall–Kier alpha value is -4.74. The Morgan fingerprint density at radius 1 is 0.784 bits per heavy atom. The van der Waals surface area contributed by atoms with Crippen molar-refractivity contribution in [2.24, 2.45) is 11.8 Å². The molecule has 6 atom stereocenters. The van der Waals surface area contributed by atoms with E-state index >= 15 is 0 Å². The third kappa shape index (κ3) is 9.74. The first-order valence-corrected chi connectivity index (χ1v) is 18.0. The maximum absolute atomic E-state index is 14.4. The minimum Gasteiger partial charge on any atom is -0.452 e. The highest BCUT2D eigenvalue weighted by molar-refractivity contribution is 5.96. The van der Waals surface area contributed by atoms with E-state index in [2.05, 4.69) is 10.6 Å². The molecule has 0 saturated carbocycles. The number of cyclic esters (lactones) is 1. The van der Waals surface area contributed by atoms with Gasteiger partial charge in [0.2, 0.25) is 23.6 Å². The summed E-state index contributed by atoms with van der Waals surface area (Å²) < 4.78 is 5.75. The van der Waals surface area contributed by atoms with E-state index in [0.29, 0.717) is 25.8 Å². The van der Waals surface area contributed by atoms with Crippen molar-refractivity contribution in [3.63, 3.8) is 0 Å². The van der Waals surface area contributed by atoms with Crippen LogP contribution in [0.5, 0.6) is 0 Å². The monoisotopic (exact) mass is 703 g/mol. The second-order valence-corrected chi connectivity index (χ2v) is 14.1. The van der Waals surface area contributed by atoms with E-state index in [0.717, 1.165) is 11.1 Å². The summed E-state index contributed by atoms with van der Waals surface area (Å²) in [5.41, 5.74) is 1.62. The quantitative estimate of drug-likeness (QED) is 0.422. The van der Waals surface area contributed by atoms with Gasteiger partial charge < -0.3 is 30.1 Å². The Balaban J connectivity index is 1.76. The highest BCUT2D eigenvalue weighted by Gasteiger charge is 2.43. The lowest BCUT2D eigenvalue weighted by Crippen LogP contribution is -2.60. The number of nitrogens with zero attached hydrogens (tertiary/aromatic N) is 3. The van der Waals surface area contributed by atoms with Gasteiger partial charge in [-0.05, 0) is 36.3 Å². The average Bonchev–Trinajstić information content (AvgIpc) is 3.62. The van der Waals surface area contributed by atoms with Crippen molar-refractivity contribution in [2.45, 2.75) is 96.5 Å². The molecule has 2 heterocycles. The zero-order valence-electron chi connectivity index (χ0n) is 30.7. The fraction of sp³-hybridized carbons (Fsp3) is 0.538. The number of ether oxygens (including phenoxy) is 1. The van der Waals surface area contributed by atoms with E-state index in [9.17, 15) is 28.8 Å². The number of esters is 1. The Bertz CT molecular complexity index is 1530. The predicted octanol–water partition coefficient (Wildman–Crippen LogP) is 2.74. The first-order valence-electron chi connectivity index (χ1n) is 18.0. The zero-order valence-corrected chi connectivity index (χ0v) is 30.7. The number of nitrogens with one attached hydrogen (secondary N) is 2. The van der Waals surface area contributed by atoms with Gasteiger partial charge in [0.15, 0.2) is 6.10 Å². The van der Waals surface area contributed by atoms with Crippen LogP contribution < -0.4 is 10.6 Å². The highest BCUT2D eigenvalue weighted by Crippen LogP contribution is 2.25. The van der Waals surface area contributed by atoms with Gasteiger partial charge in [-0.3, -0.25) is 28.8 Å². The summed E-state index contributed by atoms with van der Waals surface area (Å²) in [6.07, 6.45) is 0.515. The van der Waals surface area contributed by atoms with Crippen LogP contribution >= 0.6 is 0 Å². The second kappa shape index (κ2) is 18.0. The minimum atomic E-state index is -1.12. The number of amides is 5. The molecule has 2 aliphatic rings. The maximum Gasteiger partial charge on any atom is 0.308 e. The molecule has 0 aromatic heterocycles. The molecule has 0 spiro atoms. The molecule has 4 rings (SSSR count). The molecule has 12 heteroatoms. The van der Waals surface area contributed by atoms with Gasteiger partial charge in [-0.2, -0.15) is 0 Å². The summed E-state index contributed by atoms with van der Waals surface area (Å²) in [5.74, 6) is -3.69. The number of carbonyl (C=O) groups excluding carboxylic acids is 6. The molecular weight excluding hydrogens is 650 g/mol. The molecule has 0 bridgehead atoms. The van der Waals surface area contributed by atoms with Crippen molar-refractivity contribution in [3.8, 4) is 0 Å². The molecule has 2 aliphatic heterocycles. The van der Waals surface area contributed by atoms with Crippen LogP contribution in [-0.4, -0.2) is 108 Å². The largest absolute Gasteiger partial charge is 0.452 e. The summed E-state index contributed by atoms with van der Waals surface area (Å²) in [5, 5.41) is 5.73. The molecule has 2 aromatic carbocycles. The molecule has 276 valence electrons. The molecule has 5 amide bonds. The zero-order chi connectivity index (χ0) is 37.2. The Morgan fingerprint density at radius 2 is 1.39 bits per heavy atom. The van der Waals surface area contributed by atoms with E-state index in [-0.39, 0.29) is 37.6 Å². The number of rotatable bonds is 7. The summed E-state index contributed by atoms with van der Waals surface area (Å²) >= 11 is 0. The van der Waals surface area contributed by atoms with Gasteiger partial charge in [0, 0.05) is 45.9 Å². The van der Waals surface area contributed by atoms with E-state index in [1.807, 2.05) is 88.4 Å². The van der Waals surface area contributed by atoms with Crippen LogP contribution in [0.2, 0.25) is 0 Å². The number of likely N-dealkylation sites (N-methyl/N-ethyl adjacent to an activating group) is 2. The van der Waals surface area contributed by atoms with E-state index in [4.69, 9.17) is 4.74 Å². The number of benzene rings is 2. The maximum atomic E-state index is 14.4. The van der Waals surface area contributed by atoms with Gasteiger partial charge in [-0.1, -0.05) is 88.4 Å². The SMILES string of the molecule is CC[C@H](C)[C@@H]1OC(=O)CCNC(=O)[C@H](Cc2ccccc2)N(C)C(=O)[C@H](C(C)C)N(C)C(=O)[C@H](Cc2ccccc2)NC(=O)[C@@H]2CCCN2C1=O. The van der Waals surface area contributed by atoms with Crippen LogP contribution in [0.3, 0.4) is 0 Å². The van der Waals surface area contributed by atoms with Gasteiger partial charge in [-0.15, -0.1) is 0 Å². The fourth-order valence-corrected chi connectivity index (χ4v) is 6.90. The minimum absolute atomic E-state index is 0.0751. The van der Waals surface area contributed by atoms with Gasteiger partial charge >= 0.3 is 5.97 Å². The van der Waals surface area contributed by atoms with E-state index < -0.39 is 65.8 Å². The summed E-state index contributed by atoms with van der Waals surface area (Å²) in [6.45, 7) is 7.58. The molecule has 0 aliphatic carbocycles. The van der Waals surface area contributed by atoms with Crippen LogP contribution in [0, 0.1) is 11.8 Å². The van der Waals surface area contributed by atoms with Crippen LogP contribution in [0.15, 0.2) is 60.7 Å². The number of hydrogen-bond acceptors (Lipinski definition) is 7. The molecule has 2 fully saturated rings. The molecule has 2 aromatic rings. The van der Waals surface area contributed by atoms with Crippen molar-refractivity contribution in [2.75, 3.05) is 27.2 Å². The van der Waals surface area contributed by atoms with Gasteiger partial charge in [0.25, 0.3) is 5.91 Å². The lowest BCUT2D eigenvalue weighted by molar-refractivity contribution is -0.165. The Labute approximate surface area is 301 Å². The van der Waals surface area contributed by atoms with Gasteiger partial charge in [-0.25, -0.2) is 0 Å². The van der Waals surface area contributed by atoms with Gasteiger partial charge in [0.1, 0.15) is 24.2 Å². The Morgan fingerprint density at radius 3 is 1.98 bits per heavy atom. The van der Waals surface area contributed by atoms with Crippen LogP contribution in [-0.2, 0) is 46.3 Å². The van der Waals surface area contributed by atoms with E-state index in [1.54, 1.807) is 14.1 Å². The Kier molecular flexibility index (Phi) is 13.8. The third-order valence-electron chi connectivity index (χ3n) is 10.1. The molecule has 0 unspecified atom stereocenters. The van der Waals surface area contributed by atoms with Crippen molar-refractivity contribution in [3.05, 3.63) is 71.8 Å². The number of carbonyl (C=O) groups is 6. The molecule has 2 saturated heterocycles. The number of hydrogen-bond donors (Lipinski definition) is 2. The lowest BCUT2D eigenvalue weighted by Gasteiger charge is -2.38. The summed E-state index contributed by atoms with van der Waals surface area (Å²) in [7, 11) is 3.09. The fourth-order valence-electron chi connectivity index (χ4n) is 6.90. The topological polar surface area (TPSA) is 145 Å². The normalized spacial score (nSPS) is 25.4. The lowest BCUT2D eigenvalue weighted by atomic mass is 9.97. The van der Waals surface area contributed by atoms with Crippen LogP contribution in [0.1, 0.15) is 64.5 Å². The van der Waals surface area contributed by atoms with E-state index in [1.165, 1.54) is 14.7 Å². The summed E-state index contributed by atoms with van der Waals surface area (Å²) in [4.78, 5) is 87.9. The second-order valence-electron chi connectivity index (χ2n) is 14.1. The standard InChI is InChI=1S/C39H53N5O7/c1-7-26(4)34-39(50)44-22-14-19-30(44)36(47)41-29(23-27-15-10-8-11-16-27)37(48)43(6)33(25(2)3)38(49)42(5)31(24-28-17-12-9-13-18-28)35(46)40-21-20-32(45)51-34/h8-13,15-18,25-26,29-31,33-34H,7,14,19-24H2,1-6H3,(H,40,46)(H,41,47)/t26-,29-,30-,31-,33-,34-/m0/s1. The molecule has 2 N–H and O–H groups in total. The van der Waals surface area contributed by atoms with Crippen LogP contribution in [0.4, 0.5) is 0 Å². The van der Waals surface area contributed by atoms with Crippen molar-refractivity contribution < 1.29 is 33.5 Å². The smallest absolute Gasteiger partial charge is 0.308 e. The van der Waals surface area contributed by atoms with Crippen molar-refractivity contribution in [1.29, 1.82) is 0 Å². The molecule has 0 radical (unpaired) electrons. The van der Waals surface area contributed by atoms with Crippen LogP contribution in [0.25, 0.3) is 0 Å². The first kappa shape index (κ1) is 39.1. The van der Waals surface area contributed by atoms with Crippen molar-refractivity contribution in [1.82, 2.24) is 25.3 Å². The van der Waals surface area contributed by atoms with Gasteiger partial charge in [0.05, 0.1) is 6.42 Å². The van der Waals surface area contributed by atoms with Crippen molar-refractivity contribution >= 4 is 35.5 Å². The third-order valence-corrected chi connectivity index (χ3v) is 10.1. The number of fused-ring (bicyclic) bond motifs is 1.